The van der Waals surface area contributed by atoms with E-state index < -0.39 is 25.5 Å². The highest BCUT2D eigenvalue weighted by Crippen LogP contribution is 2.14. The third kappa shape index (κ3) is 5.15. The first kappa shape index (κ1) is 17.1. The van der Waals surface area contributed by atoms with Gasteiger partial charge in [0.15, 0.2) is 5.82 Å². The van der Waals surface area contributed by atoms with E-state index >= 15 is 0 Å². The maximum atomic E-state index is 12.3. The molecule has 2 rings (SSSR count). The number of hydrogen-bond acceptors (Lipinski definition) is 5. The zero-order chi connectivity index (χ0) is 16.9. The van der Waals surface area contributed by atoms with Gasteiger partial charge in [0.2, 0.25) is 5.78 Å². The van der Waals surface area contributed by atoms with Gasteiger partial charge >= 0.3 is 6.18 Å². The topological polar surface area (TPSA) is 77.2 Å². The lowest BCUT2D eigenvalue weighted by Gasteiger charge is -2.14. The molecule has 0 bridgehead atoms. The van der Waals surface area contributed by atoms with E-state index in [0.29, 0.717) is 5.56 Å². The van der Waals surface area contributed by atoms with Gasteiger partial charge in [0.25, 0.3) is 0 Å². The van der Waals surface area contributed by atoms with Crippen LogP contribution in [-0.2, 0) is 11.3 Å². The lowest BCUT2D eigenvalue weighted by molar-refractivity contribution is -0.179. The van der Waals surface area contributed by atoms with Crippen LogP contribution in [0.5, 0.6) is 0 Å². The second-order valence-corrected chi connectivity index (χ2v) is 4.75. The minimum Gasteiger partial charge on any atom is -0.389 e. The van der Waals surface area contributed by atoms with Crippen LogP contribution in [0.3, 0.4) is 0 Å². The lowest BCUT2D eigenvalue weighted by Crippen LogP contribution is -2.27. The summed E-state index contributed by atoms with van der Waals surface area (Å²) in [5.41, 5.74) is 0.371. The number of carbonyl (C=O) groups excluding carboxylic acids is 1. The third-order valence-corrected chi connectivity index (χ3v) is 2.84. The average Bonchev–Trinajstić information content (AvgIpc) is 2.94. The van der Waals surface area contributed by atoms with E-state index in [4.69, 9.17) is 0 Å². The molecule has 124 valence electrons. The summed E-state index contributed by atoms with van der Waals surface area (Å²) >= 11 is 0. The Kier molecular flexibility index (Phi) is 5.45. The number of aromatic nitrogens is 3. The molecule has 2 heterocycles. The molecule has 0 saturated heterocycles. The minimum atomic E-state index is -4.45. The Labute approximate surface area is 129 Å². The van der Waals surface area contributed by atoms with Crippen LogP contribution in [0.2, 0.25) is 0 Å². The number of ketones is 1. The van der Waals surface area contributed by atoms with Gasteiger partial charge in [-0.3, -0.25) is 9.78 Å². The number of ether oxygens (including phenoxy) is 1. The van der Waals surface area contributed by atoms with Crippen molar-refractivity contribution < 1.29 is 27.8 Å². The van der Waals surface area contributed by atoms with Crippen LogP contribution in [0, 0.1) is 0 Å². The van der Waals surface area contributed by atoms with Crippen molar-refractivity contribution in [3.63, 3.8) is 0 Å². The van der Waals surface area contributed by atoms with E-state index in [9.17, 15) is 23.1 Å². The molecule has 2 aromatic rings. The first-order chi connectivity index (χ1) is 10.9. The molecule has 9 heteroatoms. The molecule has 0 aliphatic heterocycles. The summed E-state index contributed by atoms with van der Waals surface area (Å²) in [5, 5.41) is 9.73. The Morgan fingerprint density at radius 3 is 2.65 bits per heavy atom. The second kappa shape index (κ2) is 7.34. The number of rotatable bonds is 7. The molecule has 0 fully saturated rings. The van der Waals surface area contributed by atoms with Crippen LogP contribution in [0.25, 0.3) is 0 Å². The molecule has 1 unspecified atom stereocenters. The van der Waals surface area contributed by atoms with Crippen molar-refractivity contribution in [1.29, 1.82) is 0 Å². The highest BCUT2D eigenvalue weighted by atomic mass is 19.4. The third-order valence-electron chi connectivity index (χ3n) is 2.84. The number of aliphatic hydroxyl groups excluding tert-OH is 1. The highest BCUT2D eigenvalue weighted by Gasteiger charge is 2.28. The highest BCUT2D eigenvalue weighted by molar-refractivity contribution is 6.06. The number of pyridine rings is 1. The number of aliphatic hydroxyl groups is 1. The van der Waals surface area contributed by atoms with Crippen molar-refractivity contribution >= 4 is 5.78 Å². The van der Waals surface area contributed by atoms with Crippen LogP contribution in [0.1, 0.15) is 16.2 Å². The fourth-order valence-corrected chi connectivity index (χ4v) is 1.89. The van der Waals surface area contributed by atoms with Gasteiger partial charge in [-0.2, -0.15) is 13.2 Å². The van der Waals surface area contributed by atoms with E-state index in [0.717, 1.165) is 0 Å². The number of carbonyl (C=O) groups is 1. The predicted molar refractivity (Wildman–Crippen MR) is 72.8 cm³/mol. The second-order valence-electron chi connectivity index (χ2n) is 4.75. The van der Waals surface area contributed by atoms with Crippen LogP contribution < -0.4 is 0 Å². The first-order valence-corrected chi connectivity index (χ1v) is 6.65. The van der Waals surface area contributed by atoms with Crippen molar-refractivity contribution in [3.8, 4) is 0 Å². The number of halogens is 3. The Morgan fingerprint density at radius 1 is 1.30 bits per heavy atom. The Morgan fingerprint density at radius 2 is 2.00 bits per heavy atom. The maximum Gasteiger partial charge on any atom is 0.411 e. The van der Waals surface area contributed by atoms with Crippen molar-refractivity contribution in [1.82, 2.24) is 14.5 Å². The Hall–Kier alpha value is -2.26. The first-order valence-electron chi connectivity index (χ1n) is 6.65. The van der Waals surface area contributed by atoms with Gasteiger partial charge in [-0.25, -0.2) is 4.98 Å². The molecule has 1 atom stereocenters. The summed E-state index contributed by atoms with van der Waals surface area (Å²) in [4.78, 5) is 20.0. The average molecular weight is 329 g/mol. The number of nitrogens with zero attached hydrogens (tertiary/aromatic N) is 3. The molecule has 0 saturated carbocycles. The smallest absolute Gasteiger partial charge is 0.389 e. The standard InChI is InChI=1S/C14H14F3N3O3/c15-14(16,17)9-23-8-11(21)7-20-6-5-19-13(20)12(22)10-1-3-18-4-2-10/h1-6,11,21H,7-9H2. The summed E-state index contributed by atoms with van der Waals surface area (Å²) in [5.74, 6) is -0.299. The SMILES string of the molecule is O=C(c1ccncc1)c1nccn1CC(O)COCC(F)(F)F. The van der Waals surface area contributed by atoms with Gasteiger partial charge in [-0.1, -0.05) is 0 Å². The molecule has 0 spiro atoms. The van der Waals surface area contributed by atoms with E-state index in [-0.39, 0.29) is 18.2 Å². The van der Waals surface area contributed by atoms with Crippen LogP contribution in [0.4, 0.5) is 13.2 Å². The van der Waals surface area contributed by atoms with Crippen LogP contribution in [-0.4, -0.2) is 50.9 Å². The zero-order valence-corrected chi connectivity index (χ0v) is 11.9. The Bertz CT molecular complexity index is 643. The molecule has 2 aromatic heterocycles. The van der Waals surface area contributed by atoms with E-state index in [1.54, 1.807) is 0 Å². The molecule has 23 heavy (non-hydrogen) atoms. The molecule has 0 radical (unpaired) electrons. The summed E-state index contributed by atoms with van der Waals surface area (Å²) in [6.07, 6.45) is 0.104. The molecule has 0 aromatic carbocycles. The van der Waals surface area contributed by atoms with E-state index in [1.165, 1.54) is 41.5 Å². The van der Waals surface area contributed by atoms with Crippen LogP contribution >= 0.6 is 0 Å². The van der Waals surface area contributed by atoms with Gasteiger partial charge in [0.1, 0.15) is 6.61 Å². The van der Waals surface area contributed by atoms with Gasteiger partial charge in [0, 0.05) is 30.4 Å². The summed E-state index contributed by atoms with van der Waals surface area (Å²) in [7, 11) is 0. The lowest BCUT2D eigenvalue weighted by atomic mass is 10.1. The minimum absolute atomic E-state index is 0.0751. The van der Waals surface area contributed by atoms with Crippen molar-refractivity contribution in [2.45, 2.75) is 18.8 Å². The normalized spacial score (nSPS) is 13.0. The van der Waals surface area contributed by atoms with Crippen molar-refractivity contribution in [2.24, 2.45) is 0 Å². The zero-order valence-electron chi connectivity index (χ0n) is 11.9. The van der Waals surface area contributed by atoms with Gasteiger partial charge in [-0.15, -0.1) is 0 Å². The van der Waals surface area contributed by atoms with Crippen molar-refractivity contribution in [3.05, 3.63) is 48.3 Å². The molecule has 1 N–H and O–H groups in total. The van der Waals surface area contributed by atoms with Gasteiger partial charge < -0.3 is 14.4 Å². The van der Waals surface area contributed by atoms with Crippen LogP contribution in [0.15, 0.2) is 36.9 Å². The molecule has 0 amide bonds. The predicted octanol–water partition coefficient (Wildman–Crippen LogP) is 1.45. The quantitative estimate of drug-likeness (QED) is 0.778. The molecule has 0 aliphatic carbocycles. The summed E-state index contributed by atoms with van der Waals surface area (Å²) in [6.45, 7) is -2.04. The van der Waals surface area contributed by atoms with Gasteiger partial charge in [-0.05, 0) is 12.1 Å². The fraction of sp³-hybridized carbons (Fsp3) is 0.357. The number of imidazole rings is 1. The van der Waals surface area contributed by atoms with Gasteiger partial charge in [0.05, 0.1) is 19.3 Å². The largest absolute Gasteiger partial charge is 0.411 e. The van der Waals surface area contributed by atoms with E-state index in [2.05, 4.69) is 14.7 Å². The summed E-state index contributed by atoms with van der Waals surface area (Å²) < 4.78 is 41.7. The molecule has 0 aliphatic rings. The number of hydrogen-bond donors (Lipinski definition) is 1. The monoisotopic (exact) mass is 329 g/mol. The van der Waals surface area contributed by atoms with Crippen molar-refractivity contribution in [2.75, 3.05) is 13.2 Å². The summed E-state index contributed by atoms with van der Waals surface area (Å²) in [6, 6.07) is 3.04. The molecular formula is C14H14F3N3O3. The number of alkyl halides is 3. The molecule has 6 nitrogen and oxygen atoms in total. The fourth-order valence-electron chi connectivity index (χ4n) is 1.89. The Balaban J connectivity index is 1.97. The van der Waals surface area contributed by atoms with E-state index in [1.807, 2.05) is 0 Å². The molecular weight excluding hydrogens is 315 g/mol. The maximum absolute atomic E-state index is 12.3.